The minimum absolute atomic E-state index is 0. The van der Waals surface area contributed by atoms with E-state index in [1.807, 2.05) is 0 Å². The molecule has 0 saturated heterocycles. The van der Waals surface area contributed by atoms with Gasteiger partial charge in [0.2, 0.25) is 0 Å². The molecule has 0 N–H and O–H groups in total. The Labute approximate surface area is 54.2 Å². The number of hydrogen-bond donors (Lipinski definition) is 0. The van der Waals surface area contributed by atoms with Gasteiger partial charge in [0, 0.05) is 31.1 Å². The second kappa shape index (κ2) is 8.87. The van der Waals surface area contributed by atoms with Crippen molar-refractivity contribution >= 4 is 0 Å². The molecule has 0 amide bonds. The Balaban J connectivity index is 0. The van der Waals surface area contributed by atoms with E-state index in [4.69, 9.17) is 7.35 Å². The van der Waals surface area contributed by atoms with E-state index >= 15 is 0 Å². The second-order valence-corrected chi connectivity index (χ2v) is 0.307. The van der Waals surface area contributed by atoms with Gasteiger partial charge in [-0.3, -0.25) is 0 Å². The zero-order valence-corrected chi connectivity index (χ0v) is 7.32. The fourth-order valence-corrected chi connectivity index (χ4v) is 0. The van der Waals surface area contributed by atoms with Gasteiger partial charge in [-0.05, 0) is 0 Å². The minimum atomic E-state index is -1.81. The molecule has 0 aromatic heterocycles. The fourth-order valence-electron chi connectivity index (χ4n) is 0. The van der Waals surface area contributed by atoms with Gasteiger partial charge in [-0.1, -0.05) is 0 Å². The van der Waals surface area contributed by atoms with E-state index in [2.05, 4.69) is 0 Å². The molecule has 0 aromatic rings. The minimum Gasteiger partial charge on any atom is 0 e. The van der Waals surface area contributed by atoms with Crippen LogP contribution in [0.2, 0.25) is 0 Å². The first-order chi connectivity index (χ1) is 1.41. The zero-order valence-electron chi connectivity index (χ0n) is 1.76. The summed E-state index contributed by atoms with van der Waals surface area (Å²) in [5, 5.41) is 0. The van der Waals surface area contributed by atoms with E-state index in [1.54, 1.807) is 0 Å². The summed E-state index contributed by atoms with van der Waals surface area (Å²) in [6, 6.07) is 0. The van der Waals surface area contributed by atoms with E-state index in [9.17, 15) is 0 Å². The van der Waals surface area contributed by atoms with Crippen LogP contribution in [-0.4, -0.2) is 0 Å². The molecule has 0 bridgehead atoms. The third-order valence-corrected chi connectivity index (χ3v) is 0. The largest absolute Gasteiger partial charge is 0 e. The normalized spacial score (nSPS) is 2.00. The van der Waals surface area contributed by atoms with Gasteiger partial charge in [0.05, 0.1) is 0 Å². The van der Waals surface area contributed by atoms with Gasteiger partial charge in [0.25, 0.3) is 0 Å². The van der Waals surface area contributed by atoms with Gasteiger partial charge in [0.1, 0.15) is 0 Å². The van der Waals surface area contributed by atoms with Crippen LogP contribution in [0.5, 0.6) is 0 Å². The van der Waals surface area contributed by atoms with E-state index in [-0.39, 0.29) is 31.1 Å². The summed E-state index contributed by atoms with van der Waals surface area (Å²) in [7, 11) is 0. The predicted octanol–water partition coefficient (Wildman–Crippen LogP) is -0.240. The summed E-state index contributed by atoms with van der Waals surface area (Å²) in [6.45, 7) is 0. The standard InChI is InChI=1S/2O.U.V. The van der Waals surface area contributed by atoms with Crippen LogP contribution in [0.4, 0.5) is 0 Å². The van der Waals surface area contributed by atoms with Crippen LogP contribution in [0.3, 0.4) is 0 Å². The topological polar surface area (TPSA) is 34.1 Å². The molecule has 0 spiro atoms. The van der Waals surface area contributed by atoms with Crippen LogP contribution in [0.25, 0.3) is 0 Å². The molecule has 21 valence electrons. The second-order valence-electron chi connectivity index (χ2n) is 0.0745. The summed E-state index contributed by atoms with van der Waals surface area (Å²) in [6.07, 6.45) is 0. The summed E-state index contributed by atoms with van der Waals surface area (Å²) >= 11 is -1.81. The smallest absolute Gasteiger partial charge is 0 e. The fraction of sp³-hybridized carbons (Fsp3) is 0. The van der Waals surface area contributed by atoms with Crippen molar-refractivity contribution in [1.82, 2.24) is 0 Å². The average Bonchev–Trinajstić information content (AvgIpc) is 0.918. The van der Waals surface area contributed by atoms with Crippen LogP contribution in [0.1, 0.15) is 0 Å². The van der Waals surface area contributed by atoms with Gasteiger partial charge in [-0.15, -0.1) is 0 Å². The molecule has 0 radical (unpaired) electrons. The first-order valence-corrected chi connectivity index (χ1v) is 1.51. The van der Waals surface area contributed by atoms with Crippen molar-refractivity contribution in [3.8, 4) is 0 Å². The SMILES string of the molecule is [O]=[V]=[O].[U]. The molecule has 2 nitrogen and oxygen atoms in total. The van der Waals surface area contributed by atoms with E-state index < -0.39 is 16.2 Å². The molecule has 0 saturated carbocycles. The molecular weight excluding hydrogens is 321 g/mol. The van der Waals surface area contributed by atoms with Crippen molar-refractivity contribution in [2.24, 2.45) is 0 Å². The van der Waals surface area contributed by atoms with Gasteiger partial charge in [-0.2, -0.15) is 0 Å². The Morgan fingerprint density at radius 1 is 1.25 bits per heavy atom. The predicted molar refractivity (Wildman–Crippen MR) is 1.37 cm³/mol. The Hall–Kier alpha value is 1.24. The van der Waals surface area contributed by atoms with Crippen LogP contribution >= 0.6 is 0 Å². The van der Waals surface area contributed by atoms with Crippen molar-refractivity contribution in [3.05, 3.63) is 0 Å². The maximum absolute atomic E-state index is 8.47. The Kier molecular flexibility index (Phi) is 19.9. The molecule has 0 heterocycles. The van der Waals surface area contributed by atoms with Crippen LogP contribution in [0, 0.1) is 31.1 Å². The molecule has 0 atom stereocenters. The maximum atomic E-state index is 8.47. The molecule has 0 rings (SSSR count). The van der Waals surface area contributed by atoms with E-state index in [0.29, 0.717) is 0 Å². The van der Waals surface area contributed by atoms with Gasteiger partial charge in [-0.25, -0.2) is 0 Å². The Morgan fingerprint density at radius 3 is 1.25 bits per heavy atom. The third-order valence-electron chi connectivity index (χ3n) is 0. The monoisotopic (exact) mass is 321 g/mol. The summed E-state index contributed by atoms with van der Waals surface area (Å²) in [5.41, 5.74) is 0. The van der Waals surface area contributed by atoms with Crippen LogP contribution in [0.15, 0.2) is 0 Å². The Morgan fingerprint density at radius 2 is 1.25 bits per heavy atom. The van der Waals surface area contributed by atoms with Gasteiger partial charge < -0.3 is 0 Å². The van der Waals surface area contributed by atoms with E-state index in [0.717, 1.165) is 0 Å². The van der Waals surface area contributed by atoms with Crippen molar-refractivity contribution in [3.63, 3.8) is 0 Å². The average molecular weight is 321 g/mol. The van der Waals surface area contributed by atoms with Gasteiger partial charge in [0.15, 0.2) is 0 Å². The molecule has 4 heteroatoms. The number of hydrogen-bond acceptors (Lipinski definition) is 2. The first-order valence-electron chi connectivity index (χ1n) is 0.365. The summed E-state index contributed by atoms with van der Waals surface area (Å²) in [4.78, 5) is 0. The molecule has 0 aromatic carbocycles. The summed E-state index contributed by atoms with van der Waals surface area (Å²) in [5.74, 6) is 0. The quantitative estimate of drug-likeness (QED) is 0.617. The van der Waals surface area contributed by atoms with E-state index in [1.165, 1.54) is 0 Å². The van der Waals surface area contributed by atoms with Crippen molar-refractivity contribution < 1.29 is 54.6 Å². The van der Waals surface area contributed by atoms with Gasteiger partial charge >= 0.3 is 23.5 Å². The van der Waals surface area contributed by atoms with Crippen LogP contribution < -0.4 is 0 Å². The maximum Gasteiger partial charge on any atom is 0 e. The molecule has 0 fully saturated rings. The van der Waals surface area contributed by atoms with Crippen molar-refractivity contribution in [2.45, 2.75) is 0 Å². The Bertz CT molecular complexity index is 27.0. The number of rotatable bonds is 0. The molecular formula is O2UV. The first kappa shape index (κ1) is 8.97. The zero-order chi connectivity index (χ0) is 2.71. The third kappa shape index (κ3) is 10.6. The van der Waals surface area contributed by atoms with Crippen molar-refractivity contribution in [2.75, 3.05) is 0 Å². The molecule has 4 heavy (non-hydrogen) atoms. The van der Waals surface area contributed by atoms with Crippen LogP contribution in [-0.2, 0) is 23.5 Å². The molecule has 0 aliphatic carbocycles. The molecule has 0 unspecified atom stereocenters. The molecule has 0 aliphatic rings. The van der Waals surface area contributed by atoms with Crippen molar-refractivity contribution in [1.29, 1.82) is 0 Å². The summed E-state index contributed by atoms with van der Waals surface area (Å²) < 4.78 is 16.9. The molecule has 0 aliphatic heterocycles.